The molecule has 1 aliphatic carbocycles. The molecule has 1 fully saturated rings. The molecule has 1 saturated carbocycles. The van der Waals surface area contributed by atoms with Gasteiger partial charge < -0.3 is 24.0 Å². The molecule has 3 aromatic rings. The third-order valence-corrected chi connectivity index (χ3v) is 7.98. The highest BCUT2D eigenvalue weighted by atomic mass is 16.5. The fraction of sp³-hybridized carbons (Fsp3) is 0.371. The summed E-state index contributed by atoms with van der Waals surface area (Å²) in [6.45, 7) is 0.613. The Labute approximate surface area is 264 Å². The lowest BCUT2D eigenvalue weighted by atomic mass is 9.94. The number of para-hydroxylation sites is 1. The van der Waals surface area contributed by atoms with Gasteiger partial charge in [0.1, 0.15) is 24.7 Å². The van der Waals surface area contributed by atoms with Crippen molar-refractivity contribution in [1.82, 2.24) is 15.1 Å². The minimum Gasteiger partial charge on any atom is -0.494 e. The van der Waals surface area contributed by atoms with Crippen LogP contribution in [0, 0.1) is 0 Å². The number of carbonyl (C=O) groups excluding carboxylic acids is 3. The predicted octanol–water partition coefficient (Wildman–Crippen LogP) is 5.97. The second kappa shape index (κ2) is 15.7. The SMILES string of the molecule is CN(C(=O)CCCOc1ccc2c(c1)CN(CC(=O)Oc1ccccc1)C(NC(=O)OCc1ccccc1)=N2)C1CCCCC1. The van der Waals surface area contributed by atoms with Crippen LogP contribution < -0.4 is 14.8 Å². The first kappa shape index (κ1) is 31.6. The summed E-state index contributed by atoms with van der Waals surface area (Å²) in [5.74, 6) is 0.896. The van der Waals surface area contributed by atoms with Crippen LogP contribution in [0.15, 0.2) is 83.9 Å². The van der Waals surface area contributed by atoms with E-state index in [4.69, 9.17) is 14.2 Å². The van der Waals surface area contributed by atoms with Crippen molar-refractivity contribution < 1.29 is 28.6 Å². The van der Waals surface area contributed by atoms with E-state index in [0.29, 0.717) is 42.7 Å². The number of nitrogens with one attached hydrogen (secondary N) is 1. The van der Waals surface area contributed by atoms with Crippen molar-refractivity contribution in [3.63, 3.8) is 0 Å². The molecular formula is C35H40N4O6. The summed E-state index contributed by atoms with van der Waals surface area (Å²) in [6.07, 6.45) is 6.17. The third kappa shape index (κ3) is 9.31. The lowest BCUT2D eigenvalue weighted by Gasteiger charge is -2.31. The normalized spacial score (nSPS) is 14.5. The Morgan fingerprint density at radius 3 is 2.42 bits per heavy atom. The quantitative estimate of drug-likeness (QED) is 0.161. The Bertz CT molecular complexity index is 1470. The maximum Gasteiger partial charge on any atom is 0.414 e. The number of carbonyl (C=O) groups is 3. The van der Waals surface area contributed by atoms with Crippen LogP contribution in [-0.2, 0) is 27.5 Å². The first-order valence-corrected chi connectivity index (χ1v) is 15.5. The van der Waals surface area contributed by atoms with E-state index in [9.17, 15) is 14.4 Å². The minimum absolute atomic E-state index is 0.0930. The number of fused-ring (bicyclic) bond motifs is 1. The van der Waals surface area contributed by atoms with Crippen molar-refractivity contribution in [3.05, 3.63) is 90.0 Å². The molecule has 0 bridgehead atoms. The number of rotatable bonds is 11. The van der Waals surface area contributed by atoms with Crippen LogP contribution in [0.25, 0.3) is 0 Å². The highest BCUT2D eigenvalue weighted by Crippen LogP contribution is 2.30. The second-order valence-electron chi connectivity index (χ2n) is 11.3. The molecule has 0 saturated heterocycles. The standard InChI is InChI=1S/C35H40N4O6/c1-38(28-14-7-3-8-15-28)32(40)18-11-21-43-30-19-20-31-27(22-30)23-39(24-33(41)45-29-16-9-4-10-17-29)34(36-31)37-35(42)44-25-26-12-5-2-6-13-26/h2,4-6,9-10,12-13,16-17,19-20,22,28H,3,7-8,11,14-15,18,21,23-25H2,1H3,(H,36,37,42). The van der Waals surface area contributed by atoms with Gasteiger partial charge in [0.2, 0.25) is 11.9 Å². The molecule has 1 aliphatic heterocycles. The number of amides is 2. The predicted molar refractivity (Wildman–Crippen MR) is 170 cm³/mol. The van der Waals surface area contributed by atoms with Crippen LogP contribution in [0.1, 0.15) is 56.1 Å². The Balaban J connectivity index is 1.20. The Morgan fingerprint density at radius 2 is 1.67 bits per heavy atom. The van der Waals surface area contributed by atoms with E-state index < -0.39 is 12.1 Å². The molecule has 0 unspecified atom stereocenters. The van der Waals surface area contributed by atoms with Gasteiger partial charge in [0.25, 0.3) is 0 Å². The van der Waals surface area contributed by atoms with Gasteiger partial charge in [0.05, 0.1) is 12.3 Å². The molecule has 2 aliphatic rings. The van der Waals surface area contributed by atoms with Gasteiger partial charge >= 0.3 is 12.1 Å². The molecule has 45 heavy (non-hydrogen) atoms. The molecule has 1 N–H and O–H groups in total. The van der Waals surface area contributed by atoms with Crippen LogP contribution in [0.4, 0.5) is 10.5 Å². The minimum atomic E-state index is -0.689. The number of alkyl carbamates (subject to hydrolysis) is 1. The number of nitrogens with zero attached hydrogens (tertiary/aromatic N) is 3. The maximum atomic E-state index is 12.9. The summed E-state index contributed by atoms with van der Waals surface area (Å²) in [4.78, 5) is 46.4. The van der Waals surface area contributed by atoms with Crippen LogP contribution in [0.2, 0.25) is 0 Å². The Hall–Kier alpha value is -4.86. The molecule has 0 spiro atoms. The Kier molecular flexibility index (Phi) is 11.0. The van der Waals surface area contributed by atoms with Crippen molar-refractivity contribution >= 4 is 29.6 Å². The largest absolute Gasteiger partial charge is 0.494 e. The number of aliphatic imine (C=N–C) groups is 1. The summed E-state index contributed by atoms with van der Waals surface area (Å²) < 4.78 is 16.9. The lowest BCUT2D eigenvalue weighted by Crippen LogP contribution is -2.47. The monoisotopic (exact) mass is 612 g/mol. The number of ether oxygens (including phenoxy) is 3. The summed E-state index contributed by atoms with van der Waals surface area (Å²) >= 11 is 0. The van der Waals surface area contributed by atoms with Gasteiger partial charge in [-0.15, -0.1) is 0 Å². The van der Waals surface area contributed by atoms with Crippen molar-refractivity contribution in [2.75, 3.05) is 20.2 Å². The highest BCUT2D eigenvalue weighted by Gasteiger charge is 2.26. The highest BCUT2D eigenvalue weighted by molar-refractivity contribution is 5.97. The van der Waals surface area contributed by atoms with Gasteiger partial charge in [0, 0.05) is 31.6 Å². The van der Waals surface area contributed by atoms with Crippen molar-refractivity contribution in [2.45, 2.75) is 64.1 Å². The van der Waals surface area contributed by atoms with Crippen LogP contribution in [0.5, 0.6) is 11.5 Å². The van der Waals surface area contributed by atoms with E-state index in [-0.39, 0.29) is 31.6 Å². The fourth-order valence-electron chi connectivity index (χ4n) is 5.51. The van der Waals surface area contributed by atoms with E-state index in [1.54, 1.807) is 29.2 Å². The summed E-state index contributed by atoms with van der Waals surface area (Å²) in [7, 11) is 1.91. The number of benzene rings is 3. The van der Waals surface area contributed by atoms with Crippen molar-refractivity contribution in [2.24, 2.45) is 4.99 Å². The molecule has 5 rings (SSSR count). The van der Waals surface area contributed by atoms with E-state index in [0.717, 1.165) is 24.0 Å². The van der Waals surface area contributed by atoms with Crippen molar-refractivity contribution in [1.29, 1.82) is 0 Å². The van der Waals surface area contributed by atoms with Gasteiger partial charge in [-0.25, -0.2) is 14.6 Å². The van der Waals surface area contributed by atoms with Gasteiger partial charge in [-0.3, -0.25) is 10.1 Å². The van der Waals surface area contributed by atoms with Crippen LogP contribution in [0.3, 0.4) is 0 Å². The molecule has 2 amide bonds. The molecule has 236 valence electrons. The zero-order valence-electron chi connectivity index (χ0n) is 25.7. The fourth-order valence-corrected chi connectivity index (χ4v) is 5.51. The van der Waals surface area contributed by atoms with Crippen LogP contribution in [-0.4, -0.2) is 60.0 Å². The topological polar surface area (TPSA) is 110 Å². The van der Waals surface area contributed by atoms with Crippen LogP contribution >= 0.6 is 0 Å². The average molecular weight is 613 g/mol. The van der Waals surface area contributed by atoms with E-state index in [2.05, 4.69) is 10.3 Å². The summed E-state index contributed by atoms with van der Waals surface area (Å²) in [5.41, 5.74) is 2.30. The van der Waals surface area contributed by atoms with Gasteiger partial charge in [-0.2, -0.15) is 0 Å². The van der Waals surface area contributed by atoms with Gasteiger partial charge in [-0.05, 0) is 55.2 Å². The summed E-state index contributed by atoms with van der Waals surface area (Å²) in [6, 6.07) is 24.0. The zero-order chi connectivity index (χ0) is 31.4. The molecule has 10 nitrogen and oxygen atoms in total. The molecule has 3 aromatic carbocycles. The van der Waals surface area contributed by atoms with E-state index in [1.807, 2.05) is 66.5 Å². The lowest BCUT2D eigenvalue weighted by molar-refractivity contribution is -0.135. The molecule has 0 atom stereocenters. The molecule has 0 radical (unpaired) electrons. The molecule has 10 heteroatoms. The molecule has 0 aromatic heterocycles. The number of guanidine groups is 1. The van der Waals surface area contributed by atoms with Crippen molar-refractivity contribution in [3.8, 4) is 11.5 Å². The van der Waals surface area contributed by atoms with Gasteiger partial charge in [0.15, 0.2) is 0 Å². The second-order valence-corrected chi connectivity index (χ2v) is 11.3. The first-order valence-electron chi connectivity index (χ1n) is 15.5. The van der Waals surface area contributed by atoms with E-state index >= 15 is 0 Å². The third-order valence-electron chi connectivity index (χ3n) is 7.98. The maximum absolute atomic E-state index is 12.9. The number of hydrogen-bond acceptors (Lipinski definition) is 8. The first-order chi connectivity index (χ1) is 21.9. The molecular weight excluding hydrogens is 572 g/mol. The molecule has 1 heterocycles. The van der Waals surface area contributed by atoms with Gasteiger partial charge in [-0.1, -0.05) is 67.8 Å². The summed E-state index contributed by atoms with van der Waals surface area (Å²) in [5, 5.41) is 2.69. The zero-order valence-corrected chi connectivity index (χ0v) is 25.7. The number of hydrogen-bond donors (Lipinski definition) is 1. The smallest absolute Gasteiger partial charge is 0.414 e. The Morgan fingerprint density at radius 1 is 0.933 bits per heavy atom. The van der Waals surface area contributed by atoms with E-state index in [1.165, 1.54) is 19.3 Å². The average Bonchev–Trinajstić information content (AvgIpc) is 3.07. The number of esters is 1.